The van der Waals surface area contributed by atoms with Crippen molar-refractivity contribution >= 4 is 45.5 Å². The monoisotopic (exact) mass is 363 g/mol. The Balaban J connectivity index is 0. The first-order valence-electron chi connectivity index (χ1n) is 0. The molecule has 0 aromatic carbocycles. The van der Waals surface area contributed by atoms with Crippen molar-refractivity contribution in [2.75, 3.05) is 0 Å². The minimum atomic E-state index is 0. The van der Waals surface area contributed by atoms with Gasteiger partial charge in [-0.3, -0.25) is 0 Å². The largest absolute Gasteiger partial charge is 3.00 e. The molecule has 0 fully saturated rings. The quantitative estimate of drug-likeness (QED) is 0.519. The van der Waals surface area contributed by atoms with Crippen LogP contribution >= 0.6 is 0 Å². The molecule has 0 N–H and O–H groups in total. The molecule has 0 amide bonds. The third-order valence-corrected chi connectivity index (χ3v) is 0. The SMILES string of the molecule is [Fe+2].[La+3].[O-2].[Sr+2].[Zn+2]. The zero-order valence-corrected chi connectivity index (χ0v) is 13.9. The molecule has 1 nitrogen and oxygen atoms in total. The summed E-state index contributed by atoms with van der Waals surface area (Å²) in [6.07, 6.45) is 0. The van der Waals surface area contributed by atoms with E-state index in [0.717, 1.165) is 0 Å². The molecule has 0 atom stereocenters. The van der Waals surface area contributed by atoms with Gasteiger partial charge in [0.15, 0.2) is 0 Å². The summed E-state index contributed by atoms with van der Waals surface area (Å²) >= 11 is 0. The standard InChI is InChI=1S/Fe.La.O.Sr.Zn/q+2;+3;-2;2*+2. The van der Waals surface area contributed by atoms with Crippen molar-refractivity contribution in [2.45, 2.75) is 0 Å². The summed E-state index contributed by atoms with van der Waals surface area (Å²) < 4.78 is 0. The van der Waals surface area contributed by atoms with Crippen LogP contribution in [0.2, 0.25) is 0 Å². The third-order valence-electron chi connectivity index (χ3n) is 0. The van der Waals surface area contributed by atoms with E-state index in [1.807, 2.05) is 0 Å². The van der Waals surface area contributed by atoms with Crippen LogP contribution in [0, 0.1) is 35.6 Å². The number of hydrogen-bond acceptors (Lipinski definition) is 0. The van der Waals surface area contributed by atoms with Crippen molar-refractivity contribution in [1.82, 2.24) is 0 Å². The maximum atomic E-state index is 0. The molecule has 0 saturated carbocycles. The average Bonchev–Trinajstić information content (AvgIpc) is 0. The first-order valence-corrected chi connectivity index (χ1v) is 0. The molecule has 0 heterocycles. The second-order valence-corrected chi connectivity index (χ2v) is 0. The van der Waals surface area contributed by atoms with Gasteiger partial charge < -0.3 is 5.48 Å². The minimum Gasteiger partial charge on any atom is -2.00 e. The summed E-state index contributed by atoms with van der Waals surface area (Å²) in [7, 11) is 0. The number of hydrogen-bond donors (Lipinski definition) is 0. The molecule has 5 heteroatoms. The number of rotatable bonds is 0. The van der Waals surface area contributed by atoms with Crippen LogP contribution in [-0.4, -0.2) is 45.5 Å². The van der Waals surface area contributed by atoms with E-state index in [9.17, 15) is 0 Å². The van der Waals surface area contributed by atoms with Gasteiger partial charge in [0.2, 0.25) is 0 Å². The third kappa shape index (κ3) is 18.2. The molecule has 0 rings (SSSR count). The Morgan fingerprint density at radius 1 is 1.00 bits per heavy atom. The molecule has 0 aliphatic carbocycles. The van der Waals surface area contributed by atoms with E-state index in [-0.39, 0.29) is 123 Å². The zero-order chi connectivity index (χ0) is 0. The fourth-order valence-corrected chi connectivity index (χ4v) is 0. The van der Waals surface area contributed by atoms with Crippen LogP contribution in [0.25, 0.3) is 0 Å². The average molecular weight is 364 g/mol. The van der Waals surface area contributed by atoms with Crippen molar-refractivity contribution < 1.29 is 77.6 Å². The summed E-state index contributed by atoms with van der Waals surface area (Å²) in [5, 5.41) is 0. The molecule has 0 bridgehead atoms. The van der Waals surface area contributed by atoms with Crippen LogP contribution in [0.3, 0.4) is 0 Å². The molecular weight excluding hydrogens is 364 g/mol. The van der Waals surface area contributed by atoms with Crippen molar-refractivity contribution in [1.29, 1.82) is 0 Å². The van der Waals surface area contributed by atoms with Gasteiger partial charge in [-0.2, -0.15) is 0 Å². The summed E-state index contributed by atoms with van der Waals surface area (Å²) in [6.45, 7) is 0. The van der Waals surface area contributed by atoms with Crippen LogP contribution in [0.4, 0.5) is 0 Å². The second-order valence-electron chi connectivity index (χ2n) is 0. The van der Waals surface area contributed by atoms with Crippen LogP contribution in [0.1, 0.15) is 0 Å². The predicted molar refractivity (Wildman–Crippen MR) is 6.44 cm³/mol. The summed E-state index contributed by atoms with van der Waals surface area (Å²) in [4.78, 5) is 0. The van der Waals surface area contributed by atoms with Crippen LogP contribution < -0.4 is 0 Å². The molecule has 0 unspecified atom stereocenters. The van der Waals surface area contributed by atoms with E-state index in [2.05, 4.69) is 0 Å². The van der Waals surface area contributed by atoms with E-state index in [1.165, 1.54) is 0 Å². The Labute approximate surface area is 120 Å². The van der Waals surface area contributed by atoms with Gasteiger partial charge in [0.1, 0.15) is 0 Å². The Bertz CT molecular complexity index is 11.6. The van der Waals surface area contributed by atoms with E-state index >= 15 is 0 Å². The molecule has 0 aliphatic heterocycles. The minimum absolute atomic E-state index is 0. The van der Waals surface area contributed by atoms with Gasteiger partial charge in [-0.1, -0.05) is 0 Å². The molecule has 5 heavy (non-hydrogen) atoms. The van der Waals surface area contributed by atoms with E-state index in [1.54, 1.807) is 0 Å². The van der Waals surface area contributed by atoms with E-state index in [4.69, 9.17) is 0 Å². The Hall–Kier alpha value is 3.78. The molecule has 0 aromatic heterocycles. The van der Waals surface area contributed by atoms with Crippen molar-refractivity contribution in [2.24, 2.45) is 0 Å². The first kappa shape index (κ1) is 37.2. The fraction of sp³-hybridized carbons (Fsp3) is 0. The van der Waals surface area contributed by atoms with Crippen molar-refractivity contribution in [3.05, 3.63) is 0 Å². The Morgan fingerprint density at radius 3 is 1.00 bits per heavy atom. The van der Waals surface area contributed by atoms with Crippen molar-refractivity contribution in [3.8, 4) is 0 Å². The molecule has 0 spiro atoms. The van der Waals surface area contributed by atoms with E-state index in [0.29, 0.717) is 0 Å². The summed E-state index contributed by atoms with van der Waals surface area (Å²) in [5.74, 6) is 0. The molecule has 0 saturated heterocycles. The molecule has 14 valence electrons. The fourth-order valence-electron chi connectivity index (χ4n) is 0. The summed E-state index contributed by atoms with van der Waals surface area (Å²) in [5.41, 5.74) is 0. The first-order chi connectivity index (χ1) is 0. The van der Waals surface area contributed by atoms with Crippen LogP contribution in [0.5, 0.6) is 0 Å². The molecule has 0 aliphatic rings. The Kier molecular flexibility index (Phi) is 186. The zero-order valence-electron chi connectivity index (χ0n) is 2.75. The van der Waals surface area contributed by atoms with E-state index < -0.39 is 0 Å². The van der Waals surface area contributed by atoms with Gasteiger partial charge in [0.05, 0.1) is 0 Å². The molecule has 0 aromatic rings. The molecule has 0 radical (unpaired) electrons. The maximum Gasteiger partial charge on any atom is 3.00 e. The Morgan fingerprint density at radius 2 is 1.00 bits per heavy atom. The van der Waals surface area contributed by atoms with Crippen LogP contribution in [-0.2, 0) is 42.0 Å². The van der Waals surface area contributed by atoms with Gasteiger partial charge in [-0.25, -0.2) is 0 Å². The van der Waals surface area contributed by atoms with Crippen LogP contribution in [0.15, 0.2) is 0 Å². The summed E-state index contributed by atoms with van der Waals surface area (Å²) in [6, 6.07) is 0. The van der Waals surface area contributed by atoms with Gasteiger partial charge >= 0.3 is 118 Å². The van der Waals surface area contributed by atoms with Crippen molar-refractivity contribution in [3.63, 3.8) is 0 Å². The predicted octanol–water partition coefficient (Wildman–Crippen LogP) is -0.505. The second kappa shape index (κ2) is 25.0. The van der Waals surface area contributed by atoms with Gasteiger partial charge in [-0.05, 0) is 0 Å². The smallest absolute Gasteiger partial charge is 2.00 e. The molecular formula is FeLaOSrZn+7. The van der Waals surface area contributed by atoms with Gasteiger partial charge in [-0.15, -0.1) is 0 Å². The van der Waals surface area contributed by atoms with Gasteiger partial charge in [0, 0.05) is 0 Å². The topological polar surface area (TPSA) is 28.5 Å². The normalized spacial score (nSPS) is 0. The van der Waals surface area contributed by atoms with Gasteiger partial charge in [0.25, 0.3) is 0 Å². The maximum absolute atomic E-state index is 0.